The number of aromatic hydroxyl groups is 1. The zero-order valence-corrected chi connectivity index (χ0v) is 14.3. The Morgan fingerprint density at radius 3 is 2.20 bits per heavy atom. The van der Waals surface area contributed by atoms with Crippen molar-refractivity contribution >= 4 is 13.2 Å². The molecule has 0 saturated carbocycles. The van der Waals surface area contributed by atoms with E-state index >= 15 is 0 Å². The molecule has 1 aliphatic rings. The van der Waals surface area contributed by atoms with Crippen molar-refractivity contribution in [1.82, 2.24) is 0 Å². The molecule has 1 fully saturated rings. The summed E-state index contributed by atoms with van der Waals surface area (Å²) in [5.41, 5.74) is -0.691. The SMILES string of the molecule is CC1(C)OB(C(=Cc2ccc(OC(F)(F)F)cc2O)CO)OC1(C)C. The van der Waals surface area contributed by atoms with Gasteiger partial charge in [0.05, 0.1) is 17.8 Å². The lowest BCUT2D eigenvalue weighted by molar-refractivity contribution is -0.274. The molecule has 25 heavy (non-hydrogen) atoms. The van der Waals surface area contributed by atoms with Gasteiger partial charge in [0, 0.05) is 11.6 Å². The molecule has 1 heterocycles. The first kappa shape index (κ1) is 19.6. The molecule has 1 aromatic carbocycles. The molecule has 9 heteroatoms. The van der Waals surface area contributed by atoms with Gasteiger partial charge in [0.1, 0.15) is 11.5 Å². The number of benzene rings is 1. The summed E-state index contributed by atoms with van der Waals surface area (Å²) in [7, 11) is -0.833. The summed E-state index contributed by atoms with van der Waals surface area (Å²) >= 11 is 0. The van der Waals surface area contributed by atoms with Gasteiger partial charge in [0.15, 0.2) is 0 Å². The zero-order valence-electron chi connectivity index (χ0n) is 14.3. The monoisotopic (exact) mass is 360 g/mol. The predicted octanol–water partition coefficient (Wildman–Crippen LogP) is 3.30. The number of hydrogen-bond donors (Lipinski definition) is 2. The van der Waals surface area contributed by atoms with Gasteiger partial charge < -0.3 is 24.3 Å². The lowest BCUT2D eigenvalue weighted by Gasteiger charge is -2.32. The molecule has 0 unspecified atom stereocenters. The van der Waals surface area contributed by atoms with Crippen LogP contribution in [0.2, 0.25) is 0 Å². The Hall–Kier alpha value is -1.71. The van der Waals surface area contributed by atoms with Gasteiger partial charge in [-0.1, -0.05) is 6.08 Å². The van der Waals surface area contributed by atoms with Gasteiger partial charge >= 0.3 is 13.5 Å². The Bertz CT molecular complexity index is 654. The van der Waals surface area contributed by atoms with E-state index in [-0.39, 0.29) is 5.56 Å². The number of aliphatic hydroxyl groups is 1. The third-order valence-electron chi connectivity index (χ3n) is 4.31. The molecule has 1 aliphatic heterocycles. The summed E-state index contributed by atoms with van der Waals surface area (Å²) in [6, 6.07) is 3.16. The third-order valence-corrected chi connectivity index (χ3v) is 4.31. The summed E-state index contributed by atoms with van der Waals surface area (Å²) in [5.74, 6) is -0.965. The van der Waals surface area contributed by atoms with E-state index in [9.17, 15) is 23.4 Å². The van der Waals surface area contributed by atoms with Crippen LogP contribution in [0.3, 0.4) is 0 Å². The van der Waals surface area contributed by atoms with Crippen molar-refractivity contribution in [2.75, 3.05) is 6.61 Å². The number of ether oxygens (including phenoxy) is 1. The molecule has 0 aromatic heterocycles. The van der Waals surface area contributed by atoms with Gasteiger partial charge in [-0.3, -0.25) is 0 Å². The summed E-state index contributed by atoms with van der Waals surface area (Å²) in [5, 5.41) is 19.5. The van der Waals surface area contributed by atoms with Crippen molar-refractivity contribution in [1.29, 1.82) is 0 Å². The van der Waals surface area contributed by atoms with Crippen LogP contribution < -0.4 is 4.74 Å². The molecule has 0 aliphatic carbocycles. The standard InChI is InChI=1S/C16H20BF3O5/c1-14(2)15(3,4)25-17(24-14)11(9-21)7-10-5-6-12(8-13(10)22)23-16(18,19)20/h5-8,21-22H,9H2,1-4H3. The van der Waals surface area contributed by atoms with Crippen LogP contribution in [0.4, 0.5) is 13.2 Å². The minimum absolute atomic E-state index is 0.202. The Labute approximate surface area is 144 Å². The molecule has 2 N–H and O–H groups in total. The quantitative estimate of drug-likeness (QED) is 0.807. The fraction of sp³-hybridized carbons (Fsp3) is 0.500. The topological polar surface area (TPSA) is 68.2 Å². The van der Waals surface area contributed by atoms with Gasteiger partial charge in [-0.15, -0.1) is 13.2 Å². The normalized spacial score (nSPS) is 20.0. The molecule has 1 saturated heterocycles. The average molecular weight is 360 g/mol. The number of phenols is 1. The van der Waals surface area contributed by atoms with Gasteiger partial charge in [0.2, 0.25) is 0 Å². The van der Waals surface area contributed by atoms with E-state index in [1.54, 1.807) is 0 Å². The lowest BCUT2D eigenvalue weighted by atomic mass is 9.77. The highest BCUT2D eigenvalue weighted by Crippen LogP contribution is 2.39. The largest absolute Gasteiger partial charge is 0.573 e. The van der Waals surface area contributed by atoms with E-state index in [1.165, 1.54) is 12.1 Å². The van der Waals surface area contributed by atoms with Crippen molar-refractivity contribution in [3.63, 3.8) is 0 Å². The highest BCUT2D eigenvalue weighted by atomic mass is 19.4. The van der Waals surface area contributed by atoms with Crippen LogP contribution in [0.25, 0.3) is 6.08 Å². The average Bonchev–Trinajstić information content (AvgIpc) is 2.64. The first-order valence-corrected chi connectivity index (χ1v) is 7.60. The van der Waals surface area contributed by atoms with Crippen molar-refractivity contribution in [3.05, 3.63) is 29.2 Å². The van der Waals surface area contributed by atoms with Gasteiger partial charge in [-0.25, -0.2) is 0 Å². The van der Waals surface area contributed by atoms with E-state index in [0.29, 0.717) is 5.47 Å². The number of hydrogen-bond acceptors (Lipinski definition) is 5. The number of halogens is 3. The molecule has 2 rings (SSSR count). The van der Waals surface area contributed by atoms with Crippen LogP contribution in [0, 0.1) is 0 Å². The van der Waals surface area contributed by atoms with Crippen molar-refractivity contribution in [2.24, 2.45) is 0 Å². The Morgan fingerprint density at radius 1 is 1.20 bits per heavy atom. The molecule has 0 radical (unpaired) electrons. The number of aliphatic hydroxyl groups excluding tert-OH is 1. The molecular formula is C16H20BF3O5. The molecule has 5 nitrogen and oxygen atoms in total. The second kappa shape index (κ2) is 6.55. The molecule has 0 atom stereocenters. The highest BCUT2D eigenvalue weighted by molar-refractivity contribution is 6.55. The Balaban J connectivity index is 2.26. The predicted molar refractivity (Wildman–Crippen MR) is 85.9 cm³/mol. The number of rotatable bonds is 4. The van der Waals surface area contributed by atoms with E-state index in [4.69, 9.17) is 9.31 Å². The van der Waals surface area contributed by atoms with Crippen molar-refractivity contribution in [3.8, 4) is 11.5 Å². The smallest absolute Gasteiger partial charge is 0.507 e. The van der Waals surface area contributed by atoms with Crippen molar-refractivity contribution in [2.45, 2.75) is 45.3 Å². The fourth-order valence-corrected chi connectivity index (χ4v) is 2.23. The molecule has 0 amide bonds. The second-order valence-corrected chi connectivity index (χ2v) is 6.73. The minimum atomic E-state index is -4.84. The second-order valence-electron chi connectivity index (χ2n) is 6.73. The maximum Gasteiger partial charge on any atom is 0.573 e. The third kappa shape index (κ3) is 4.48. The molecule has 0 bridgehead atoms. The summed E-state index contributed by atoms with van der Waals surface area (Å²) < 4.78 is 52.0. The van der Waals surface area contributed by atoms with E-state index in [0.717, 1.165) is 12.1 Å². The van der Waals surface area contributed by atoms with E-state index in [2.05, 4.69) is 4.74 Å². The van der Waals surface area contributed by atoms with Crippen LogP contribution in [-0.2, 0) is 9.31 Å². The first-order valence-electron chi connectivity index (χ1n) is 7.60. The number of phenolic OH excluding ortho intramolecular Hbond substituents is 1. The van der Waals surface area contributed by atoms with Gasteiger partial charge in [-0.05, 0) is 45.3 Å². The summed E-state index contributed by atoms with van der Waals surface area (Å²) in [4.78, 5) is 0. The first-order chi connectivity index (χ1) is 11.3. The Morgan fingerprint density at radius 2 is 1.76 bits per heavy atom. The minimum Gasteiger partial charge on any atom is -0.507 e. The lowest BCUT2D eigenvalue weighted by Crippen LogP contribution is -2.41. The zero-order chi connectivity index (χ0) is 19.0. The van der Waals surface area contributed by atoms with Crippen LogP contribution in [-0.4, -0.2) is 41.5 Å². The van der Waals surface area contributed by atoms with E-state index < -0.39 is 42.8 Å². The summed E-state index contributed by atoms with van der Waals surface area (Å²) in [6.07, 6.45) is -3.43. The Kier molecular flexibility index (Phi) is 5.14. The highest BCUT2D eigenvalue weighted by Gasteiger charge is 2.52. The maximum absolute atomic E-state index is 12.2. The molecule has 138 valence electrons. The van der Waals surface area contributed by atoms with Gasteiger partial charge in [0.25, 0.3) is 0 Å². The number of alkyl halides is 3. The fourth-order valence-electron chi connectivity index (χ4n) is 2.23. The molecule has 1 aromatic rings. The molecule has 0 spiro atoms. The van der Waals surface area contributed by atoms with Crippen LogP contribution in [0.5, 0.6) is 11.5 Å². The van der Waals surface area contributed by atoms with E-state index in [1.807, 2.05) is 27.7 Å². The maximum atomic E-state index is 12.2. The van der Waals surface area contributed by atoms with Crippen molar-refractivity contribution < 1.29 is 37.4 Å². The summed E-state index contributed by atoms with van der Waals surface area (Å²) in [6.45, 7) is 6.99. The van der Waals surface area contributed by atoms with Gasteiger partial charge in [-0.2, -0.15) is 0 Å². The molecular weight excluding hydrogens is 340 g/mol. The van der Waals surface area contributed by atoms with Crippen LogP contribution in [0.15, 0.2) is 23.7 Å². The van der Waals surface area contributed by atoms with Crippen LogP contribution >= 0.6 is 0 Å². The van der Waals surface area contributed by atoms with Crippen LogP contribution in [0.1, 0.15) is 33.3 Å².